The Bertz CT molecular complexity index is 1280. The van der Waals surface area contributed by atoms with Crippen LogP contribution in [-0.4, -0.2) is 26.7 Å². The minimum Gasteiger partial charge on any atom is -0.428 e. The Hall–Kier alpha value is -4.10. The summed E-state index contributed by atoms with van der Waals surface area (Å²) in [6.45, 7) is 5.14. The molecule has 14 heteroatoms. The summed E-state index contributed by atoms with van der Waals surface area (Å²) in [5.74, 6) is -0.0109. The Kier molecular flexibility index (Phi) is 7.75. The Morgan fingerprint density at radius 1 is 1.00 bits per heavy atom. The van der Waals surface area contributed by atoms with Crippen molar-refractivity contribution in [1.82, 2.24) is 9.55 Å². The highest BCUT2D eigenvalue weighted by Crippen LogP contribution is 2.38. The highest BCUT2D eigenvalue weighted by molar-refractivity contribution is 5.64. The summed E-state index contributed by atoms with van der Waals surface area (Å²) in [4.78, 5) is 26.4. The van der Waals surface area contributed by atoms with Crippen LogP contribution in [0.25, 0.3) is 11.3 Å². The third kappa shape index (κ3) is 7.23. The third-order valence-electron chi connectivity index (χ3n) is 5.35. The van der Waals surface area contributed by atoms with Crippen LogP contribution in [-0.2, 0) is 23.6 Å². The molecule has 0 bridgehead atoms. The van der Waals surface area contributed by atoms with E-state index in [1.54, 1.807) is 20.8 Å². The van der Waals surface area contributed by atoms with Crippen LogP contribution in [0.4, 0.5) is 36.8 Å². The molecule has 3 aromatic rings. The Morgan fingerprint density at radius 2 is 1.55 bits per heavy atom. The summed E-state index contributed by atoms with van der Waals surface area (Å²) in [6.07, 6.45) is -9.58. The van der Waals surface area contributed by atoms with Gasteiger partial charge in [0, 0.05) is 29.3 Å². The Morgan fingerprint density at radius 3 is 2.03 bits per heavy atom. The zero-order valence-corrected chi connectivity index (χ0v) is 20.1. The van der Waals surface area contributed by atoms with Crippen LogP contribution < -0.4 is 4.74 Å². The molecule has 0 aliphatic heterocycles. The number of imidazole rings is 1. The fourth-order valence-electron chi connectivity index (χ4n) is 3.26. The first-order valence-electron chi connectivity index (χ1n) is 10.9. The van der Waals surface area contributed by atoms with Gasteiger partial charge in [0.1, 0.15) is 11.9 Å². The quantitative estimate of drug-likeness (QED) is 0.108. The van der Waals surface area contributed by atoms with Crippen LogP contribution in [0, 0.1) is 15.5 Å². The third-order valence-corrected chi connectivity index (χ3v) is 5.35. The van der Waals surface area contributed by atoms with Crippen molar-refractivity contribution in [1.29, 1.82) is 0 Å². The highest BCUT2D eigenvalue weighted by Gasteiger charge is 2.37. The number of aromatic nitrogens is 2. The second-order valence-electron chi connectivity index (χ2n) is 9.33. The number of non-ortho nitro benzene ring substituents is 1. The van der Waals surface area contributed by atoms with Crippen LogP contribution in [0.3, 0.4) is 0 Å². The molecule has 1 aromatic heterocycles. The molecular weight excluding hydrogens is 524 g/mol. The Labute approximate surface area is 212 Å². The van der Waals surface area contributed by atoms with Gasteiger partial charge in [-0.25, -0.2) is 9.78 Å². The van der Waals surface area contributed by atoms with E-state index >= 15 is 0 Å². The van der Waals surface area contributed by atoms with Crippen molar-refractivity contribution in [3.63, 3.8) is 0 Å². The van der Waals surface area contributed by atoms with Crippen molar-refractivity contribution >= 4 is 11.8 Å². The molecule has 38 heavy (non-hydrogen) atoms. The minimum absolute atomic E-state index is 0.0109. The zero-order valence-electron chi connectivity index (χ0n) is 20.1. The van der Waals surface area contributed by atoms with Gasteiger partial charge in [0.05, 0.1) is 34.6 Å². The summed E-state index contributed by atoms with van der Waals surface area (Å²) in [6, 6.07) is 5.85. The number of halogens is 6. The molecule has 0 amide bonds. The van der Waals surface area contributed by atoms with E-state index in [4.69, 9.17) is 9.47 Å². The molecule has 1 atom stereocenters. The number of rotatable bonds is 6. The van der Waals surface area contributed by atoms with Gasteiger partial charge in [-0.1, -0.05) is 20.8 Å². The van der Waals surface area contributed by atoms with Gasteiger partial charge in [0.15, 0.2) is 0 Å². The molecule has 1 unspecified atom stereocenters. The molecule has 0 spiro atoms. The topological polar surface area (TPSA) is 96.5 Å². The van der Waals surface area contributed by atoms with Gasteiger partial charge < -0.3 is 14.0 Å². The van der Waals surface area contributed by atoms with Gasteiger partial charge in [-0.3, -0.25) is 10.1 Å². The number of hydrogen-bond donors (Lipinski definition) is 0. The second-order valence-corrected chi connectivity index (χ2v) is 9.33. The molecule has 0 aliphatic carbocycles. The maximum atomic E-state index is 13.2. The maximum absolute atomic E-state index is 13.2. The van der Waals surface area contributed by atoms with Gasteiger partial charge >= 0.3 is 18.5 Å². The number of alkyl halides is 6. The molecule has 0 fully saturated rings. The molecule has 0 aliphatic rings. The summed E-state index contributed by atoms with van der Waals surface area (Å²) >= 11 is 0. The first kappa shape index (κ1) is 28.5. The van der Waals surface area contributed by atoms with E-state index in [0.717, 1.165) is 12.1 Å². The fraction of sp³-hybridized carbons (Fsp3) is 0.333. The highest BCUT2D eigenvalue weighted by atomic mass is 19.4. The second kappa shape index (κ2) is 10.3. The van der Waals surface area contributed by atoms with Crippen molar-refractivity contribution in [3.8, 4) is 17.0 Å². The standard InChI is InChI=1S/C24H21F6N3O5/c1-22(2,3)20(38-21(34)37-18-6-4-17(5-7-18)33(35)36)12-32-11-19(31-13-32)14-8-15(23(25,26)27)10-16(9-14)24(28,29)30/h4-11,13,20H,12H2,1-3H3. The molecule has 1 heterocycles. The van der Waals surface area contributed by atoms with Crippen LogP contribution in [0.15, 0.2) is 55.0 Å². The number of benzene rings is 2. The van der Waals surface area contributed by atoms with Crippen LogP contribution in [0.5, 0.6) is 5.75 Å². The van der Waals surface area contributed by atoms with Gasteiger partial charge in [0.25, 0.3) is 5.69 Å². The predicted octanol–water partition coefficient (Wildman–Crippen LogP) is 7.13. The predicted molar refractivity (Wildman–Crippen MR) is 121 cm³/mol. The Balaban J connectivity index is 1.80. The van der Waals surface area contributed by atoms with Crippen LogP contribution in [0.2, 0.25) is 0 Å². The normalized spacial score (nSPS) is 13.2. The summed E-state index contributed by atoms with van der Waals surface area (Å²) in [7, 11) is 0. The molecule has 204 valence electrons. The van der Waals surface area contributed by atoms with Gasteiger partial charge in [-0.15, -0.1) is 0 Å². The lowest BCUT2D eigenvalue weighted by molar-refractivity contribution is -0.384. The lowest BCUT2D eigenvalue weighted by Gasteiger charge is -2.30. The number of nitro benzene ring substituents is 1. The van der Waals surface area contributed by atoms with E-state index in [0.29, 0.717) is 12.1 Å². The van der Waals surface area contributed by atoms with Crippen molar-refractivity contribution < 1.29 is 45.5 Å². The van der Waals surface area contributed by atoms with Crippen molar-refractivity contribution in [2.24, 2.45) is 5.41 Å². The lowest BCUT2D eigenvalue weighted by Crippen LogP contribution is -2.36. The van der Waals surface area contributed by atoms with E-state index in [2.05, 4.69) is 4.98 Å². The number of carbonyl (C=O) groups excluding carboxylic acids is 1. The zero-order chi connectivity index (χ0) is 28.5. The maximum Gasteiger partial charge on any atom is 0.514 e. The molecule has 3 rings (SSSR count). The lowest BCUT2D eigenvalue weighted by atomic mass is 9.89. The van der Waals surface area contributed by atoms with Crippen LogP contribution in [0.1, 0.15) is 31.9 Å². The average molecular weight is 545 g/mol. The first-order valence-corrected chi connectivity index (χ1v) is 10.9. The number of ether oxygens (including phenoxy) is 2. The van der Waals surface area contributed by atoms with E-state index in [1.165, 1.54) is 29.2 Å². The van der Waals surface area contributed by atoms with Gasteiger partial charge in [0.2, 0.25) is 0 Å². The SMILES string of the molecule is CC(C)(C)C(Cn1cnc(-c2cc(C(F)(F)F)cc(C(F)(F)F)c2)c1)OC(=O)Oc1ccc([N+](=O)[O-])cc1. The summed E-state index contributed by atoms with van der Waals surface area (Å²) in [5, 5.41) is 10.7. The number of carbonyl (C=O) groups is 1. The molecule has 2 aromatic carbocycles. The fourth-order valence-corrected chi connectivity index (χ4v) is 3.26. The minimum atomic E-state index is -5.01. The van der Waals surface area contributed by atoms with Crippen LogP contribution >= 0.6 is 0 Å². The molecule has 0 saturated carbocycles. The largest absolute Gasteiger partial charge is 0.514 e. The average Bonchev–Trinajstić information content (AvgIpc) is 3.25. The van der Waals surface area contributed by atoms with E-state index < -0.39 is 51.6 Å². The van der Waals surface area contributed by atoms with Gasteiger partial charge in [-0.2, -0.15) is 26.3 Å². The molecule has 0 saturated heterocycles. The van der Waals surface area contributed by atoms with E-state index in [-0.39, 0.29) is 29.7 Å². The first-order chi connectivity index (χ1) is 17.4. The summed E-state index contributed by atoms with van der Waals surface area (Å²) < 4.78 is 91.1. The van der Waals surface area contributed by atoms with Crippen molar-refractivity contribution in [2.45, 2.75) is 45.8 Å². The molecule has 0 radical (unpaired) electrons. The number of nitrogens with zero attached hydrogens (tertiary/aromatic N) is 3. The molecule has 8 nitrogen and oxygen atoms in total. The van der Waals surface area contributed by atoms with E-state index in [9.17, 15) is 41.3 Å². The summed E-state index contributed by atoms with van der Waals surface area (Å²) in [5.41, 5.74) is -4.38. The monoisotopic (exact) mass is 545 g/mol. The van der Waals surface area contributed by atoms with Crippen molar-refractivity contribution in [3.05, 3.63) is 76.2 Å². The van der Waals surface area contributed by atoms with Gasteiger partial charge in [-0.05, 0) is 30.3 Å². The number of nitro groups is 1. The van der Waals surface area contributed by atoms with Crippen molar-refractivity contribution in [2.75, 3.05) is 0 Å². The molecular formula is C24H21F6N3O5. The number of hydrogen-bond acceptors (Lipinski definition) is 6. The smallest absolute Gasteiger partial charge is 0.428 e. The van der Waals surface area contributed by atoms with E-state index in [1.807, 2.05) is 0 Å². The molecule has 0 N–H and O–H groups in total.